The van der Waals surface area contributed by atoms with Crippen molar-refractivity contribution in [2.24, 2.45) is 0 Å². The van der Waals surface area contributed by atoms with Gasteiger partial charge in [0.15, 0.2) is 5.11 Å². The molecule has 0 amide bonds. The Morgan fingerprint density at radius 3 is 2.71 bits per heavy atom. The number of hydrogen-bond donors (Lipinski definition) is 1. The van der Waals surface area contributed by atoms with Crippen LogP contribution < -0.4 is 5.32 Å². The minimum atomic E-state index is 0.260. The van der Waals surface area contributed by atoms with Crippen LogP contribution in [-0.2, 0) is 0 Å². The van der Waals surface area contributed by atoms with Gasteiger partial charge in [-0.3, -0.25) is 0 Å². The lowest BCUT2D eigenvalue weighted by molar-refractivity contribution is 0.278. The van der Waals surface area contributed by atoms with Crippen molar-refractivity contribution in [3.63, 3.8) is 0 Å². The first kappa shape index (κ1) is 11.8. The molecule has 0 radical (unpaired) electrons. The SMILES string of the molecule is CCCCNC(=S)N1CCCC1(C)C. The monoisotopic (exact) mass is 214 g/mol. The molecule has 0 saturated carbocycles. The van der Waals surface area contributed by atoms with Crippen molar-refractivity contribution in [2.45, 2.75) is 52.0 Å². The van der Waals surface area contributed by atoms with Crippen LogP contribution in [0.1, 0.15) is 46.5 Å². The number of thiocarbonyl (C=S) groups is 1. The number of unbranched alkanes of at least 4 members (excludes halogenated alkanes) is 1. The van der Waals surface area contributed by atoms with Gasteiger partial charge in [0, 0.05) is 18.6 Å². The van der Waals surface area contributed by atoms with E-state index in [1.165, 1.54) is 25.7 Å². The number of rotatable bonds is 3. The van der Waals surface area contributed by atoms with E-state index < -0.39 is 0 Å². The second kappa shape index (κ2) is 4.96. The van der Waals surface area contributed by atoms with Gasteiger partial charge < -0.3 is 10.2 Å². The molecule has 0 bridgehead atoms. The first-order valence-electron chi connectivity index (χ1n) is 5.63. The van der Waals surface area contributed by atoms with Crippen molar-refractivity contribution < 1.29 is 0 Å². The molecule has 2 nitrogen and oxygen atoms in total. The van der Waals surface area contributed by atoms with Gasteiger partial charge in [-0.2, -0.15) is 0 Å². The van der Waals surface area contributed by atoms with Gasteiger partial charge >= 0.3 is 0 Å². The van der Waals surface area contributed by atoms with E-state index in [9.17, 15) is 0 Å². The Hall–Kier alpha value is -0.310. The molecule has 0 aromatic carbocycles. The fourth-order valence-electron chi connectivity index (χ4n) is 1.95. The summed E-state index contributed by atoms with van der Waals surface area (Å²) in [7, 11) is 0. The molecule has 14 heavy (non-hydrogen) atoms. The van der Waals surface area contributed by atoms with Crippen molar-refractivity contribution in [2.75, 3.05) is 13.1 Å². The van der Waals surface area contributed by atoms with Gasteiger partial charge in [-0.25, -0.2) is 0 Å². The molecule has 1 aliphatic heterocycles. The predicted octanol–water partition coefficient (Wildman–Crippen LogP) is 2.54. The molecule has 1 fully saturated rings. The van der Waals surface area contributed by atoms with E-state index in [1.54, 1.807) is 0 Å². The average Bonchev–Trinajstić information content (AvgIpc) is 2.45. The van der Waals surface area contributed by atoms with E-state index >= 15 is 0 Å². The van der Waals surface area contributed by atoms with Crippen LogP contribution >= 0.6 is 12.2 Å². The molecule has 1 saturated heterocycles. The molecule has 0 spiro atoms. The number of nitrogens with one attached hydrogen (secondary N) is 1. The van der Waals surface area contributed by atoms with Crippen molar-refractivity contribution in [1.82, 2.24) is 10.2 Å². The summed E-state index contributed by atoms with van der Waals surface area (Å²) in [5, 5.41) is 4.28. The maximum atomic E-state index is 5.39. The molecule has 0 aliphatic carbocycles. The Morgan fingerprint density at radius 1 is 1.50 bits per heavy atom. The molecule has 82 valence electrons. The molecular weight excluding hydrogens is 192 g/mol. The molecule has 0 atom stereocenters. The van der Waals surface area contributed by atoms with Crippen LogP contribution in [0.5, 0.6) is 0 Å². The van der Waals surface area contributed by atoms with Crippen LogP contribution in [0, 0.1) is 0 Å². The molecular formula is C11H22N2S. The van der Waals surface area contributed by atoms with E-state index in [-0.39, 0.29) is 5.54 Å². The first-order chi connectivity index (χ1) is 6.58. The third-order valence-electron chi connectivity index (χ3n) is 2.95. The van der Waals surface area contributed by atoms with Gasteiger partial charge in [-0.1, -0.05) is 13.3 Å². The fraction of sp³-hybridized carbons (Fsp3) is 0.909. The molecule has 0 aromatic heterocycles. The van der Waals surface area contributed by atoms with Crippen LogP contribution in [0.3, 0.4) is 0 Å². The van der Waals surface area contributed by atoms with Crippen molar-refractivity contribution in [3.05, 3.63) is 0 Å². The largest absolute Gasteiger partial charge is 0.363 e. The average molecular weight is 214 g/mol. The molecule has 1 heterocycles. The summed E-state index contributed by atoms with van der Waals surface area (Å²) >= 11 is 5.39. The van der Waals surface area contributed by atoms with Crippen molar-refractivity contribution in [1.29, 1.82) is 0 Å². The Labute approximate surface area is 93.1 Å². The topological polar surface area (TPSA) is 15.3 Å². The summed E-state index contributed by atoms with van der Waals surface area (Å²) in [6.07, 6.45) is 4.94. The van der Waals surface area contributed by atoms with E-state index in [1.807, 2.05) is 0 Å². The lowest BCUT2D eigenvalue weighted by Crippen LogP contribution is -2.47. The fourth-order valence-corrected chi connectivity index (χ4v) is 2.39. The second-order valence-electron chi connectivity index (χ2n) is 4.65. The Balaban J connectivity index is 2.36. The van der Waals surface area contributed by atoms with Crippen LogP contribution in [0.25, 0.3) is 0 Å². The molecule has 0 unspecified atom stereocenters. The van der Waals surface area contributed by atoms with Crippen LogP contribution in [0.15, 0.2) is 0 Å². The standard InChI is InChI=1S/C11H22N2S/c1-4-5-8-12-10(14)13-9-6-7-11(13,2)3/h4-9H2,1-3H3,(H,12,14). The molecule has 1 rings (SSSR count). The number of nitrogens with zero attached hydrogens (tertiary/aromatic N) is 1. The second-order valence-corrected chi connectivity index (χ2v) is 5.04. The Morgan fingerprint density at radius 2 is 2.21 bits per heavy atom. The minimum absolute atomic E-state index is 0.260. The van der Waals surface area contributed by atoms with E-state index in [0.717, 1.165) is 18.2 Å². The number of likely N-dealkylation sites (tertiary alicyclic amines) is 1. The Kier molecular flexibility index (Phi) is 4.17. The normalized spacial score (nSPS) is 19.8. The zero-order chi connectivity index (χ0) is 10.6. The summed E-state index contributed by atoms with van der Waals surface area (Å²) in [6.45, 7) is 8.87. The quantitative estimate of drug-likeness (QED) is 0.574. The summed E-state index contributed by atoms with van der Waals surface area (Å²) in [6, 6.07) is 0. The summed E-state index contributed by atoms with van der Waals surface area (Å²) < 4.78 is 0. The zero-order valence-corrected chi connectivity index (χ0v) is 10.4. The highest BCUT2D eigenvalue weighted by atomic mass is 32.1. The third kappa shape index (κ3) is 2.84. The van der Waals surface area contributed by atoms with Crippen LogP contribution in [0.2, 0.25) is 0 Å². The first-order valence-corrected chi connectivity index (χ1v) is 6.04. The van der Waals surface area contributed by atoms with Gasteiger partial charge in [-0.15, -0.1) is 0 Å². The zero-order valence-electron chi connectivity index (χ0n) is 9.60. The van der Waals surface area contributed by atoms with Gasteiger partial charge in [-0.05, 0) is 45.3 Å². The van der Waals surface area contributed by atoms with Gasteiger partial charge in [0.25, 0.3) is 0 Å². The van der Waals surface area contributed by atoms with Gasteiger partial charge in [0.2, 0.25) is 0 Å². The van der Waals surface area contributed by atoms with Gasteiger partial charge in [0.05, 0.1) is 0 Å². The molecule has 0 aromatic rings. The molecule has 3 heteroatoms. The lowest BCUT2D eigenvalue weighted by Gasteiger charge is -2.34. The summed E-state index contributed by atoms with van der Waals surface area (Å²) in [4.78, 5) is 2.33. The Bertz CT molecular complexity index is 201. The minimum Gasteiger partial charge on any atom is -0.363 e. The van der Waals surface area contributed by atoms with Crippen molar-refractivity contribution in [3.8, 4) is 0 Å². The van der Waals surface area contributed by atoms with E-state index in [2.05, 4.69) is 31.0 Å². The highest BCUT2D eigenvalue weighted by molar-refractivity contribution is 7.80. The molecule has 1 aliphatic rings. The van der Waals surface area contributed by atoms with E-state index in [4.69, 9.17) is 12.2 Å². The maximum absolute atomic E-state index is 5.39. The molecule has 1 N–H and O–H groups in total. The van der Waals surface area contributed by atoms with Crippen LogP contribution in [0.4, 0.5) is 0 Å². The van der Waals surface area contributed by atoms with Gasteiger partial charge in [0.1, 0.15) is 0 Å². The van der Waals surface area contributed by atoms with E-state index in [0.29, 0.717) is 0 Å². The maximum Gasteiger partial charge on any atom is 0.169 e. The smallest absolute Gasteiger partial charge is 0.169 e. The number of hydrogen-bond acceptors (Lipinski definition) is 1. The summed E-state index contributed by atoms with van der Waals surface area (Å²) in [5.41, 5.74) is 0.260. The highest BCUT2D eigenvalue weighted by Gasteiger charge is 2.33. The highest BCUT2D eigenvalue weighted by Crippen LogP contribution is 2.27. The lowest BCUT2D eigenvalue weighted by atomic mass is 10.0. The predicted molar refractivity (Wildman–Crippen MR) is 65.5 cm³/mol. The van der Waals surface area contributed by atoms with Crippen LogP contribution in [-0.4, -0.2) is 28.6 Å². The summed E-state index contributed by atoms with van der Waals surface area (Å²) in [5.74, 6) is 0. The van der Waals surface area contributed by atoms with Crippen molar-refractivity contribution >= 4 is 17.3 Å². The third-order valence-corrected chi connectivity index (χ3v) is 3.32.